The van der Waals surface area contributed by atoms with E-state index in [0.29, 0.717) is 12.2 Å². The van der Waals surface area contributed by atoms with E-state index in [4.69, 9.17) is 4.74 Å². The Morgan fingerprint density at radius 2 is 1.81 bits per heavy atom. The number of benzene rings is 2. The zero-order valence-corrected chi connectivity index (χ0v) is 15.6. The Morgan fingerprint density at radius 1 is 1.11 bits per heavy atom. The molecule has 0 aliphatic rings. The lowest BCUT2D eigenvalue weighted by molar-refractivity contribution is 0.104. The molecule has 136 valence electrons. The van der Waals surface area contributed by atoms with Gasteiger partial charge in [0.05, 0.1) is 28.9 Å². The number of fused-ring (bicyclic) bond motifs is 3. The molecular formula is C22H21N3O2. The first-order chi connectivity index (χ1) is 13.1. The lowest BCUT2D eigenvalue weighted by Crippen LogP contribution is -1.99. The van der Waals surface area contributed by atoms with Crippen LogP contribution in [-0.2, 0) is 7.05 Å². The van der Waals surface area contributed by atoms with Crippen LogP contribution >= 0.6 is 0 Å². The lowest BCUT2D eigenvalue weighted by atomic mass is 10.1. The molecule has 4 rings (SSSR count). The van der Waals surface area contributed by atoms with Crippen LogP contribution < -0.4 is 4.74 Å². The van der Waals surface area contributed by atoms with Gasteiger partial charge in [-0.1, -0.05) is 30.3 Å². The van der Waals surface area contributed by atoms with Gasteiger partial charge in [-0.2, -0.15) is 5.10 Å². The normalized spacial score (nSPS) is 11.7. The van der Waals surface area contributed by atoms with Gasteiger partial charge in [-0.15, -0.1) is 0 Å². The van der Waals surface area contributed by atoms with Gasteiger partial charge in [-0.25, -0.2) is 4.52 Å². The number of ketones is 1. The predicted octanol–water partition coefficient (Wildman–Crippen LogP) is 4.43. The van der Waals surface area contributed by atoms with E-state index < -0.39 is 0 Å². The van der Waals surface area contributed by atoms with Crippen molar-refractivity contribution in [1.29, 1.82) is 0 Å². The van der Waals surface area contributed by atoms with E-state index in [1.54, 1.807) is 6.08 Å². The van der Waals surface area contributed by atoms with Crippen molar-refractivity contribution < 1.29 is 9.53 Å². The molecule has 2 heterocycles. The summed E-state index contributed by atoms with van der Waals surface area (Å²) < 4.78 is 9.32. The molecule has 2 aromatic carbocycles. The van der Waals surface area contributed by atoms with Crippen LogP contribution in [0.25, 0.3) is 22.8 Å². The number of aromatic nitrogens is 3. The van der Waals surface area contributed by atoms with E-state index in [1.807, 2.05) is 84.6 Å². The van der Waals surface area contributed by atoms with Gasteiger partial charge < -0.3 is 9.30 Å². The maximum absolute atomic E-state index is 12.9. The Labute approximate surface area is 157 Å². The number of rotatable bonds is 5. The third-order valence-electron chi connectivity index (χ3n) is 4.69. The fraction of sp³-hybridized carbons (Fsp3) is 0.182. The van der Waals surface area contributed by atoms with Crippen molar-refractivity contribution in [2.45, 2.75) is 13.8 Å². The molecule has 4 aromatic rings. The Morgan fingerprint density at radius 3 is 2.52 bits per heavy atom. The summed E-state index contributed by atoms with van der Waals surface area (Å²) in [6.45, 7) is 4.46. The van der Waals surface area contributed by atoms with Gasteiger partial charge in [-0.05, 0) is 49.8 Å². The van der Waals surface area contributed by atoms with E-state index in [9.17, 15) is 4.79 Å². The van der Waals surface area contributed by atoms with E-state index in [2.05, 4.69) is 5.10 Å². The highest BCUT2D eigenvalue weighted by Gasteiger charge is 2.20. The van der Waals surface area contributed by atoms with Crippen LogP contribution in [0.3, 0.4) is 0 Å². The molecule has 2 aromatic heterocycles. The number of ether oxygens (including phenoxy) is 1. The van der Waals surface area contributed by atoms with Crippen LogP contribution in [0.1, 0.15) is 28.5 Å². The third kappa shape index (κ3) is 2.91. The molecule has 0 atom stereocenters. The largest absolute Gasteiger partial charge is 0.494 e. The van der Waals surface area contributed by atoms with Crippen molar-refractivity contribution in [3.63, 3.8) is 0 Å². The van der Waals surface area contributed by atoms with E-state index in [1.165, 1.54) is 0 Å². The summed E-state index contributed by atoms with van der Waals surface area (Å²) in [5, 5.41) is 4.59. The summed E-state index contributed by atoms with van der Waals surface area (Å²) in [6, 6.07) is 15.7. The fourth-order valence-corrected chi connectivity index (χ4v) is 3.42. The number of imidazole rings is 1. The zero-order valence-electron chi connectivity index (χ0n) is 15.6. The molecule has 0 aliphatic carbocycles. The molecule has 0 spiro atoms. The number of carbonyl (C=O) groups excluding carboxylic acids is 1. The van der Waals surface area contributed by atoms with Crippen molar-refractivity contribution in [3.05, 3.63) is 71.4 Å². The van der Waals surface area contributed by atoms with Crippen molar-refractivity contribution in [3.8, 4) is 5.75 Å². The van der Waals surface area contributed by atoms with E-state index in [-0.39, 0.29) is 5.78 Å². The van der Waals surface area contributed by atoms with Crippen molar-refractivity contribution in [2.75, 3.05) is 6.61 Å². The van der Waals surface area contributed by atoms with Gasteiger partial charge in [0, 0.05) is 7.05 Å². The molecule has 0 aliphatic heterocycles. The molecule has 0 fully saturated rings. The molecule has 0 amide bonds. The molecule has 0 radical (unpaired) electrons. The average Bonchev–Trinajstić information content (AvgIpc) is 3.16. The van der Waals surface area contributed by atoms with Crippen molar-refractivity contribution >= 4 is 28.5 Å². The lowest BCUT2D eigenvalue weighted by Gasteiger charge is -2.02. The summed E-state index contributed by atoms with van der Waals surface area (Å²) in [4.78, 5) is 12.9. The summed E-state index contributed by atoms with van der Waals surface area (Å²) in [5.41, 5.74) is 5.17. The number of allylic oxidation sites excluding steroid dienone is 1. The second kappa shape index (κ2) is 6.76. The zero-order chi connectivity index (χ0) is 19.0. The molecule has 5 heteroatoms. The second-order valence-corrected chi connectivity index (χ2v) is 6.44. The quantitative estimate of drug-likeness (QED) is 0.391. The van der Waals surface area contributed by atoms with Crippen molar-refractivity contribution in [2.24, 2.45) is 7.05 Å². The van der Waals surface area contributed by atoms with Crippen LogP contribution in [0.15, 0.2) is 54.6 Å². The Kier molecular flexibility index (Phi) is 4.28. The minimum Gasteiger partial charge on any atom is -0.494 e. The summed E-state index contributed by atoms with van der Waals surface area (Å²) in [5.74, 6) is 0.771. The number of aryl methyl sites for hydroxylation is 2. The maximum atomic E-state index is 12.9. The number of para-hydroxylation sites is 2. The van der Waals surface area contributed by atoms with Crippen molar-refractivity contribution in [1.82, 2.24) is 14.2 Å². The van der Waals surface area contributed by atoms with Crippen LogP contribution in [0, 0.1) is 6.92 Å². The molecule has 5 nitrogen and oxygen atoms in total. The molecule has 27 heavy (non-hydrogen) atoms. The first-order valence-corrected chi connectivity index (χ1v) is 8.98. The highest BCUT2D eigenvalue weighted by atomic mass is 16.5. The van der Waals surface area contributed by atoms with Gasteiger partial charge in [0.2, 0.25) is 0 Å². The second-order valence-electron chi connectivity index (χ2n) is 6.44. The Bertz CT molecular complexity index is 1160. The van der Waals surface area contributed by atoms with Crippen LogP contribution in [0.4, 0.5) is 0 Å². The highest BCUT2D eigenvalue weighted by molar-refractivity contribution is 6.12. The summed E-state index contributed by atoms with van der Waals surface area (Å²) in [7, 11) is 1.96. The molecule has 0 saturated carbocycles. The predicted molar refractivity (Wildman–Crippen MR) is 107 cm³/mol. The Balaban J connectivity index is 1.71. The SMILES string of the molecule is CCOc1ccc(C=CC(=O)c2c(C)nn3c4ccccc4n(C)c23)cc1. The van der Waals surface area contributed by atoms with Gasteiger partial charge in [0.1, 0.15) is 11.4 Å². The van der Waals surface area contributed by atoms with Gasteiger partial charge in [0.25, 0.3) is 0 Å². The first kappa shape index (κ1) is 17.1. The summed E-state index contributed by atoms with van der Waals surface area (Å²) in [6.07, 6.45) is 3.43. The minimum absolute atomic E-state index is 0.0534. The topological polar surface area (TPSA) is 48.5 Å². The Hall–Kier alpha value is -3.34. The maximum Gasteiger partial charge on any atom is 0.191 e. The molecule has 0 N–H and O–H groups in total. The monoisotopic (exact) mass is 359 g/mol. The number of hydrogen-bond donors (Lipinski definition) is 0. The molecular weight excluding hydrogens is 338 g/mol. The number of nitrogens with zero attached hydrogens (tertiary/aromatic N) is 3. The number of hydrogen-bond acceptors (Lipinski definition) is 3. The summed E-state index contributed by atoms with van der Waals surface area (Å²) >= 11 is 0. The minimum atomic E-state index is -0.0534. The van der Waals surface area contributed by atoms with Gasteiger partial charge >= 0.3 is 0 Å². The smallest absolute Gasteiger partial charge is 0.191 e. The van der Waals surface area contributed by atoms with Crippen LogP contribution in [0.5, 0.6) is 5.75 Å². The highest BCUT2D eigenvalue weighted by Crippen LogP contribution is 2.25. The van der Waals surface area contributed by atoms with Gasteiger partial charge in [0.15, 0.2) is 5.78 Å². The van der Waals surface area contributed by atoms with E-state index in [0.717, 1.165) is 33.7 Å². The van der Waals surface area contributed by atoms with Crippen LogP contribution in [0.2, 0.25) is 0 Å². The third-order valence-corrected chi connectivity index (χ3v) is 4.69. The standard InChI is InChI=1S/C22H21N3O2/c1-4-27-17-12-9-16(10-13-17)11-14-20(26)21-15(2)23-25-19-8-6-5-7-18(19)24(3)22(21)25/h5-14H,4H2,1-3H3. The first-order valence-electron chi connectivity index (χ1n) is 8.98. The van der Waals surface area contributed by atoms with Gasteiger partial charge in [-0.3, -0.25) is 4.79 Å². The molecule has 0 unspecified atom stereocenters. The number of carbonyl (C=O) groups is 1. The fourth-order valence-electron chi connectivity index (χ4n) is 3.42. The molecule has 0 saturated heterocycles. The average molecular weight is 359 g/mol. The van der Waals surface area contributed by atoms with Crippen LogP contribution in [-0.4, -0.2) is 26.6 Å². The molecule has 0 bridgehead atoms. The van der Waals surface area contributed by atoms with E-state index >= 15 is 0 Å².